The molecule has 0 saturated carbocycles. The first-order valence-corrected chi connectivity index (χ1v) is 10.8. The van der Waals surface area contributed by atoms with Crippen molar-refractivity contribution in [2.45, 2.75) is 56.7 Å². The summed E-state index contributed by atoms with van der Waals surface area (Å²) in [6.07, 6.45) is 0.000134. The molecule has 0 aliphatic rings. The molecule has 3 rings (SSSR count). The number of amides is 1. The van der Waals surface area contributed by atoms with E-state index in [1.165, 1.54) is 22.9 Å². The van der Waals surface area contributed by atoms with Crippen LogP contribution in [0.5, 0.6) is 0 Å². The van der Waals surface area contributed by atoms with Gasteiger partial charge in [0.05, 0.1) is 0 Å². The number of nitrogens with zero attached hydrogens (tertiary/aromatic N) is 2. The summed E-state index contributed by atoms with van der Waals surface area (Å²) in [4.78, 5) is 12.3. The summed E-state index contributed by atoms with van der Waals surface area (Å²) < 4.78 is 11.3. The average molecular weight is 426 g/mol. The van der Waals surface area contributed by atoms with E-state index >= 15 is 0 Å². The monoisotopic (exact) mass is 425 g/mol. The highest BCUT2D eigenvalue weighted by atomic mass is 32.2. The second-order valence-electron chi connectivity index (χ2n) is 8.07. The van der Waals surface area contributed by atoms with Crippen molar-refractivity contribution in [2.24, 2.45) is 0 Å². The lowest BCUT2D eigenvalue weighted by Crippen LogP contribution is -2.36. The van der Waals surface area contributed by atoms with E-state index in [-0.39, 0.29) is 0 Å². The molecule has 30 heavy (non-hydrogen) atoms. The second-order valence-corrected chi connectivity index (χ2v) is 9.00. The maximum Gasteiger partial charge on any atom is 0.408 e. The maximum absolute atomic E-state index is 12.3. The Bertz CT molecular complexity index is 950. The SMILES string of the molecule is Cc1ccc(CSc2nnc([C@H](Cc3ccccc3)NC(=O)OC(C)(C)C)o2)cc1. The number of rotatable bonds is 7. The Morgan fingerprint density at radius 2 is 1.77 bits per heavy atom. The molecule has 0 bridgehead atoms. The van der Waals surface area contributed by atoms with Gasteiger partial charge >= 0.3 is 6.09 Å². The predicted octanol–water partition coefficient (Wildman–Crippen LogP) is 5.48. The van der Waals surface area contributed by atoms with Gasteiger partial charge in [-0.25, -0.2) is 4.79 Å². The van der Waals surface area contributed by atoms with E-state index in [0.29, 0.717) is 17.5 Å². The Labute approximate surface area is 181 Å². The molecule has 1 N–H and O–H groups in total. The maximum atomic E-state index is 12.3. The first-order chi connectivity index (χ1) is 14.3. The van der Waals surface area contributed by atoms with Crippen LogP contribution in [0.1, 0.15) is 49.4 Å². The molecule has 7 heteroatoms. The van der Waals surface area contributed by atoms with Gasteiger partial charge < -0.3 is 14.5 Å². The number of carbonyl (C=O) groups excluding carboxylic acids is 1. The van der Waals surface area contributed by atoms with Gasteiger partial charge in [-0.15, -0.1) is 10.2 Å². The van der Waals surface area contributed by atoms with E-state index in [1.54, 1.807) is 0 Å². The third kappa shape index (κ3) is 6.91. The van der Waals surface area contributed by atoms with Gasteiger partial charge in [0.15, 0.2) is 0 Å². The van der Waals surface area contributed by atoms with Crippen LogP contribution in [0.25, 0.3) is 0 Å². The minimum absolute atomic E-state index is 0.358. The molecule has 1 aromatic heterocycles. The standard InChI is InChI=1S/C23H27N3O3S/c1-16-10-12-18(13-11-16)15-30-22-26-25-20(28-22)19(14-17-8-6-5-7-9-17)24-21(27)29-23(2,3)4/h5-13,19H,14-15H2,1-4H3,(H,24,27)/t19-/m0/s1. The molecule has 0 radical (unpaired) electrons. The Morgan fingerprint density at radius 1 is 1.07 bits per heavy atom. The molecule has 1 atom stereocenters. The highest BCUT2D eigenvalue weighted by Crippen LogP contribution is 2.25. The lowest BCUT2D eigenvalue weighted by molar-refractivity contribution is 0.0494. The Morgan fingerprint density at radius 3 is 2.43 bits per heavy atom. The summed E-state index contributed by atoms with van der Waals surface area (Å²) in [5, 5.41) is 11.7. The fraction of sp³-hybridized carbons (Fsp3) is 0.348. The van der Waals surface area contributed by atoms with Crippen molar-refractivity contribution < 1.29 is 13.9 Å². The largest absolute Gasteiger partial charge is 0.444 e. The predicted molar refractivity (Wildman–Crippen MR) is 117 cm³/mol. The van der Waals surface area contributed by atoms with Crippen LogP contribution in [0.3, 0.4) is 0 Å². The van der Waals surface area contributed by atoms with Gasteiger partial charge in [-0.3, -0.25) is 0 Å². The number of thioether (sulfide) groups is 1. The fourth-order valence-electron chi connectivity index (χ4n) is 2.75. The number of ether oxygens (including phenoxy) is 1. The first-order valence-electron chi connectivity index (χ1n) is 9.84. The van der Waals surface area contributed by atoms with Crippen LogP contribution in [0.4, 0.5) is 4.79 Å². The molecule has 1 heterocycles. The molecule has 6 nitrogen and oxygen atoms in total. The van der Waals surface area contributed by atoms with E-state index in [4.69, 9.17) is 9.15 Å². The van der Waals surface area contributed by atoms with E-state index < -0.39 is 17.7 Å². The molecular formula is C23H27N3O3S. The Balaban J connectivity index is 1.70. The molecule has 158 valence electrons. The van der Waals surface area contributed by atoms with Gasteiger partial charge in [0, 0.05) is 12.2 Å². The summed E-state index contributed by atoms with van der Waals surface area (Å²) in [6, 6.07) is 17.7. The molecule has 0 aliphatic heterocycles. The molecule has 0 unspecified atom stereocenters. The minimum atomic E-state index is -0.592. The summed E-state index contributed by atoms with van der Waals surface area (Å²) >= 11 is 1.47. The molecular weight excluding hydrogens is 398 g/mol. The van der Waals surface area contributed by atoms with E-state index in [2.05, 4.69) is 46.7 Å². The highest BCUT2D eigenvalue weighted by molar-refractivity contribution is 7.98. The zero-order valence-electron chi connectivity index (χ0n) is 17.7. The van der Waals surface area contributed by atoms with Gasteiger partial charge in [0.25, 0.3) is 5.22 Å². The number of hydrogen-bond acceptors (Lipinski definition) is 6. The fourth-order valence-corrected chi connectivity index (χ4v) is 3.47. The van der Waals surface area contributed by atoms with Crippen LogP contribution >= 0.6 is 11.8 Å². The number of hydrogen-bond donors (Lipinski definition) is 1. The number of benzene rings is 2. The molecule has 0 saturated heterocycles. The summed E-state index contributed by atoms with van der Waals surface area (Å²) in [5.41, 5.74) is 2.86. The van der Waals surface area contributed by atoms with Crippen molar-refractivity contribution >= 4 is 17.9 Å². The smallest absolute Gasteiger partial charge is 0.408 e. The summed E-state index contributed by atoms with van der Waals surface area (Å²) in [6.45, 7) is 7.54. The van der Waals surface area contributed by atoms with E-state index in [0.717, 1.165) is 11.3 Å². The summed E-state index contributed by atoms with van der Waals surface area (Å²) in [5.74, 6) is 1.08. The first kappa shape index (κ1) is 21.9. The quantitative estimate of drug-likeness (QED) is 0.505. The van der Waals surface area contributed by atoms with Crippen molar-refractivity contribution in [1.82, 2.24) is 15.5 Å². The van der Waals surface area contributed by atoms with Crippen LogP contribution < -0.4 is 5.32 Å². The third-order valence-electron chi connectivity index (χ3n) is 4.18. The molecule has 1 amide bonds. The van der Waals surface area contributed by atoms with Gasteiger partial charge in [-0.1, -0.05) is 71.9 Å². The van der Waals surface area contributed by atoms with Crippen molar-refractivity contribution in [3.05, 3.63) is 77.2 Å². The van der Waals surface area contributed by atoms with Crippen LogP contribution in [-0.2, 0) is 16.9 Å². The van der Waals surface area contributed by atoms with Crippen molar-refractivity contribution in [3.63, 3.8) is 0 Å². The number of alkyl carbamates (subject to hydrolysis) is 1. The molecule has 0 fully saturated rings. The number of carbonyl (C=O) groups is 1. The molecule has 0 spiro atoms. The van der Waals surface area contributed by atoms with Gasteiger partial charge in [-0.2, -0.15) is 0 Å². The topological polar surface area (TPSA) is 77.2 Å². The molecule has 0 aliphatic carbocycles. The van der Waals surface area contributed by atoms with Crippen molar-refractivity contribution in [2.75, 3.05) is 0 Å². The van der Waals surface area contributed by atoms with Crippen molar-refractivity contribution in [3.8, 4) is 0 Å². The lowest BCUT2D eigenvalue weighted by atomic mass is 10.1. The normalized spacial score (nSPS) is 12.4. The van der Waals surface area contributed by atoms with Crippen LogP contribution in [-0.4, -0.2) is 21.9 Å². The average Bonchev–Trinajstić information content (AvgIpc) is 3.15. The highest BCUT2D eigenvalue weighted by Gasteiger charge is 2.25. The summed E-state index contributed by atoms with van der Waals surface area (Å²) in [7, 11) is 0. The number of aryl methyl sites for hydroxylation is 1. The lowest BCUT2D eigenvalue weighted by Gasteiger charge is -2.22. The van der Waals surface area contributed by atoms with Gasteiger partial charge in [0.2, 0.25) is 5.89 Å². The van der Waals surface area contributed by atoms with E-state index in [9.17, 15) is 4.79 Å². The zero-order chi connectivity index (χ0) is 21.6. The molecule has 3 aromatic rings. The van der Waals surface area contributed by atoms with Crippen LogP contribution in [0, 0.1) is 6.92 Å². The zero-order valence-corrected chi connectivity index (χ0v) is 18.5. The number of nitrogens with one attached hydrogen (secondary N) is 1. The molecule has 2 aromatic carbocycles. The van der Waals surface area contributed by atoms with E-state index in [1.807, 2.05) is 51.1 Å². The number of aromatic nitrogens is 2. The Hall–Kier alpha value is -2.80. The Kier molecular flexibility index (Phi) is 7.15. The van der Waals surface area contributed by atoms with Crippen molar-refractivity contribution in [1.29, 1.82) is 0 Å². The minimum Gasteiger partial charge on any atom is -0.444 e. The van der Waals surface area contributed by atoms with Crippen LogP contribution in [0.2, 0.25) is 0 Å². The van der Waals surface area contributed by atoms with Crippen LogP contribution in [0.15, 0.2) is 64.2 Å². The van der Waals surface area contributed by atoms with Gasteiger partial charge in [0.1, 0.15) is 11.6 Å². The third-order valence-corrected chi connectivity index (χ3v) is 5.07. The second kappa shape index (κ2) is 9.80. The van der Waals surface area contributed by atoms with Gasteiger partial charge in [-0.05, 0) is 38.8 Å².